The van der Waals surface area contributed by atoms with Crippen LogP contribution in [-0.2, 0) is 13.0 Å². The molecule has 0 aliphatic rings. The van der Waals surface area contributed by atoms with E-state index in [9.17, 15) is 13.9 Å². The molecule has 1 aromatic carbocycles. The molecule has 1 atom stereocenters. The summed E-state index contributed by atoms with van der Waals surface area (Å²) in [5.41, 5.74) is 2.73. The highest BCUT2D eigenvalue weighted by atomic mass is 19.1. The second kappa shape index (κ2) is 7.06. The van der Waals surface area contributed by atoms with E-state index < -0.39 is 17.7 Å². The summed E-state index contributed by atoms with van der Waals surface area (Å²) in [5.74, 6) is -0.920. The molecule has 130 valence electrons. The highest BCUT2D eigenvalue weighted by molar-refractivity contribution is 5.68. The highest BCUT2D eigenvalue weighted by Crippen LogP contribution is 2.31. The van der Waals surface area contributed by atoms with Crippen LogP contribution in [0.5, 0.6) is 0 Å². The molecule has 0 saturated heterocycles. The predicted molar refractivity (Wildman–Crippen MR) is 88.7 cm³/mol. The number of aliphatic hydroxyl groups is 1. The van der Waals surface area contributed by atoms with E-state index in [1.54, 1.807) is 23.9 Å². The van der Waals surface area contributed by atoms with Crippen molar-refractivity contribution in [3.05, 3.63) is 65.1 Å². The second-order valence-corrected chi connectivity index (χ2v) is 5.81. The van der Waals surface area contributed by atoms with Gasteiger partial charge in [0.25, 0.3) is 0 Å². The summed E-state index contributed by atoms with van der Waals surface area (Å²) < 4.78 is 29.0. The van der Waals surface area contributed by atoms with Gasteiger partial charge in [-0.15, -0.1) is 5.10 Å². The lowest BCUT2D eigenvalue weighted by Gasteiger charge is -2.14. The summed E-state index contributed by atoms with van der Waals surface area (Å²) in [5, 5.41) is 18.0. The van der Waals surface area contributed by atoms with Gasteiger partial charge in [0.05, 0.1) is 23.7 Å². The van der Waals surface area contributed by atoms with Crippen LogP contribution in [-0.4, -0.2) is 25.1 Å². The average molecular weight is 344 g/mol. The third-order valence-corrected chi connectivity index (χ3v) is 3.93. The number of hydrogen-bond acceptors (Lipinski definition) is 4. The fraction of sp³-hybridized carbons (Fsp3) is 0.278. The average Bonchev–Trinajstić information content (AvgIpc) is 3.03. The molecule has 0 aliphatic carbocycles. The van der Waals surface area contributed by atoms with Gasteiger partial charge in [-0.2, -0.15) is 0 Å². The largest absolute Gasteiger partial charge is 0.389 e. The number of aryl methyl sites for hydroxylation is 1. The molecular weight excluding hydrogens is 326 g/mol. The minimum Gasteiger partial charge on any atom is -0.389 e. The van der Waals surface area contributed by atoms with E-state index >= 15 is 0 Å². The molecule has 5 nitrogen and oxygen atoms in total. The normalized spacial score (nSPS) is 12.4. The molecule has 0 amide bonds. The van der Waals surface area contributed by atoms with Crippen molar-refractivity contribution in [3.8, 4) is 11.3 Å². The molecule has 3 rings (SSSR count). The van der Waals surface area contributed by atoms with E-state index in [0.29, 0.717) is 41.0 Å². The fourth-order valence-electron chi connectivity index (χ4n) is 2.72. The van der Waals surface area contributed by atoms with Crippen LogP contribution in [0.25, 0.3) is 11.3 Å². The Hall–Kier alpha value is -2.67. The van der Waals surface area contributed by atoms with Gasteiger partial charge < -0.3 is 5.11 Å². The smallest absolute Gasteiger partial charge is 0.141 e. The Morgan fingerprint density at radius 1 is 1.20 bits per heavy atom. The summed E-state index contributed by atoms with van der Waals surface area (Å²) >= 11 is 0. The maximum Gasteiger partial charge on any atom is 0.141 e. The second-order valence-electron chi connectivity index (χ2n) is 5.81. The molecule has 0 aliphatic heterocycles. The van der Waals surface area contributed by atoms with Crippen molar-refractivity contribution in [2.75, 3.05) is 0 Å². The van der Waals surface area contributed by atoms with Crippen LogP contribution in [0.3, 0.4) is 0 Å². The van der Waals surface area contributed by atoms with Crippen LogP contribution in [0.4, 0.5) is 8.78 Å². The Kier molecular flexibility index (Phi) is 4.85. The number of hydrogen-bond donors (Lipinski definition) is 1. The third kappa shape index (κ3) is 3.71. The van der Waals surface area contributed by atoms with Crippen molar-refractivity contribution < 1.29 is 13.9 Å². The Balaban J connectivity index is 2.08. The van der Waals surface area contributed by atoms with Crippen LogP contribution >= 0.6 is 0 Å². The number of benzene rings is 1. The lowest BCUT2D eigenvalue weighted by Crippen LogP contribution is -2.02. The molecule has 2 heterocycles. The molecule has 1 N–H and O–H groups in total. The van der Waals surface area contributed by atoms with Gasteiger partial charge in [0.1, 0.15) is 11.6 Å². The molecule has 0 saturated carbocycles. The fourth-order valence-corrected chi connectivity index (χ4v) is 2.72. The zero-order chi connectivity index (χ0) is 18.0. The zero-order valence-corrected chi connectivity index (χ0v) is 13.9. The van der Waals surface area contributed by atoms with E-state index in [-0.39, 0.29) is 0 Å². The van der Waals surface area contributed by atoms with Gasteiger partial charge in [-0.1, -0.05) is 5.21 Å². The molecule has 7 heteroatoms. The molecule has 25 heavy (non-hydrogen) atoms. The Bertz CT molecular complexity index is 893. The lowest BCUT2D eigenvalue weighted by atomic mass is 9.95. The van der Waals surface area contributed by atoms with Crippen molar-refractivity contribution in [2.45, 2.75) is 32.9 Å². The standard InChI is InChI=1S/C18H18F2N4O/c1-3-24-10-15(22-23-24)7-12-6-14(20)9-21-18(12)16-5-4-13(19)8-17(16)11(2)25/h4-6,8-11,25H,3,7H2,1-2H3. The van der Waals surface area contributed by atoms with Crippen molar-refractivity contribution >= 4 is 0 Å². The lowest BCUT2D eigenvalue weighted by molar-refractivity contribution is 0.199. The van der Waals surface area contributed by atoms with Gasteiger partial charge in [-0.25, -0.2) is 8.78 Å². The molecule has 3 aromatic rings. The number of aliphatic hydroxyl groups excluding tert-OH is 1. The van der Waals surface area contributed by atoms with Crippen LogP contribution < -0.4 is 0 Å². The maximum atomic E-state index is 13.7. The molecule has 0 fully saturated rings. The number of pyridine rings is 1. The SMILES string of the molecule is CCn1cc(Cc2cc(F)cnc2-c2ccc(F)cc2C(C)O)nn1. The molecule has 0 bridgehead atoms. The molecule has 0 radical (unpaired) electrons. The molecule has 0 spiro atoms. The van der Waals surface area contributed by atoms with E-state index in [1.807, 2.05) is 6.92 Å². The van der Waals surface area contributed by atoms with E-state index in [2.05, 4.69) is 15.3 Å². The summed E-state index contributed by atoms with van der Waals surface area (Å²) in [7, 11) is 0. The first kappa shape index (κ1) is 17.2. The first-order valence-electron chi connectivity index (χ1n) is 7.99. The Labute approximate surface area is 144 Å². The maximum absolute atomic E-state index is 13.7. The van der Waals surface area contributed by atoms with Crippen LogP contribution in [0, 0.1) is 11.6 Å². The van der Waals surface area contributed by atoms with Gasteiger partial charge in [-0.3, -0.25) is 9.67 Å². The number of aromatic nitrogens is 4. The molecule has 1 unspecified atom stereocenters. The first-order chi connectivity index (χ1) is 12.0. The molecule has 2 aromatic heterocycles. The van der Waals surface area contributed by atoms with E-state index in [4.69, 9.17) is 0 Å². The van der Waals surface area contributed by atoms with Crippen LogP contribution in [0.15, 0.2) is 36.7 Å². The van der Waals surface area contributed by atoms with Gasteiger partial charge in [0.2, 0.25) is 0 Å². The summed E-state index contributed by atoms with van der Waals surface area (Å²) in [4.78, 5) is 4.18. The third-order valence-electron chi connectivity index (χ3n) is 3.93. The van der Waals surface area contributed by atoms with E-state index in [0.717, 1.165) is 6.20 Å². The van der Waals surface area contributed by atoms with Crippen molar-refractivity contribution in [3.63, 3.8) is 0 Å². The van der Waals surface area contributed by atoms with Gasteiger partial charge in [0, 0.05) is 24.7 Å². The van der Waals surface area contributed by atoms with Gasteiger partial charge in [-0.05, 0) is 49.2 Å². The van der Waals surface area contributed by atoms with Gasteiger partial charge in [0.15, 0.2) is 0 Å². The van der Waals surface area contributed by atoms with Crippen molar-refractivity contribution in [2.24, 2.45) is 0 Å². The number of nitrogens with zero attached hydrogens (tertiary/aromatic N) is 4. The predicted octanol–water partition coefficient (Wildman–Crippen LogP) is 3.28. The van der Waals surface area contributed by atoms with Crippen molar-refractivity contribution in [1.82, 2.24) is 20.0 Å². The Morgan fingerprint density at radius 2 is 2.00 bits per heavy atom. The first-order valence-corrected chi connectivity index (χ1v) is 7.99. The van der Waals surface area contributed by atoms with Crippen LogP contribution in [0.2, 0.25) is 0 Å². The van der Waals surface area contributed by atoms with Gasteiger partial charge >= 0.3 is 0 Å². The number of rotatable bonds is 5. The molecular formula is C18H18F2N4O. The minimum absolute atomic E-state index is 0.330. The summed E-state index contributed by atoms with van der Waals surface area (Å²) in [6.07, 6.45) is 2.34. The monoisotopic (exact) mass is 344 g/mol. The number of halogens is 2. The topological polar surface area (TPSA) is 63.8 Å². The summed E-state index contributed by atoms with van der Waals surface area (Å²) in [6.45, 7) is 4.18. The highest BCUT2D eigenvalue weighted by Gasteiger charge is 2.17. The van der Waals surface area contributed by atoms with E-state index in [1.165, 1.54) is 18.2 Å². The van der Waals surface area contributed by atoms with Crippen molar-refractivity contribution in [1.29, 1.82) is 0 Å². The zero-order valence-electron chi connectivity index (χ0n) is 13.9. The van der Waals surface area contributed by atoms with Crippen LogP contribution in [0.1, 0.15) is 36.8 Å². The summed E-state index contributed by atoms with van der Waals surface area (Å²) in [6, 6.07) is 5.48. The minimum atomic E-state index is -0.883. The quantitative estimate of drug-likeness (QED) is 0.771. The Morgan fingerprint density at radius 3 is 2.68 bits per heavy atom.